The summed E-state index contributed by atoms with van der Waals surface area (Å²) < 4.78 is 0. The van der Waals surface area contributed by atoms with Crippen molar-refractivity contribution in [2.24, 2.45) is 23.2 Å². The summed E-state index contributed by atoms with van der Waals surface area (Å²) in [5, 5.41) is 13.5. The minimum absolute atomic E-state index is 0.404. The van der Waals surface area contributed by atoms with Gasteiger partial charge in [0.2, 0.25) is 0 Å². The monoisotopic (exact) mass is 287 g/mol. The fourth-order valence-electron chi connectivity index (χ4n) is 4.74. The van der Waals surface area contributed by atoms with Crippen molar-refractivity contribution in [3.05, 3.63) is 29.8 Å². The van der Waals surface area contributed by atoms with Gasteiger partial charge in [0, 0.05) is 6.54 Å². The van der Waals surface area contributed by atoms with Crippen LogP contribution in [0.15, 0.2) is 24.3 Å². The van der Waals surface area contributed by atoms with Gasteiger partial charge in [0.1, 0.15) is 5.75 Å². The zero-order valence-corrected chi connectivity index (χ0v) is 13.4. The Morgan fingerprint density at radius 3 is 2.81 bits per heavy atom. The summed E-state index contributed by atoms with van der Waals surface area (Å²) in [5.41, 5.74) is 1.72. The van der Waals surface area contributed by atoms with Crippen molar-refractivity contribution in [2.45, 2.75) is 46.0 Å². The molecule has 2 aliphatic carbocycles. The molecule has 0 spiro atoms. The van der Waals surface area contributed by atoms with E-state index in [0.717, 1.165) is 31.3 Å². The normalized spacial score (nSPS) is 31.2. The Bertz CT molecular complexity index is 484. The van der Waals surface area contributed by atoms with E-state index in [1.807, 2.05) is 12.1 Å². The topological polar surface area (TPSA) is 32.3 Å². The Morgan fingerprint density at radius 1 is 1.33 bits per heavy atom. The van der Waals surface area contributed by atoms with E-state index in [1.54, 1.807) is 6.07 Å². The first kappa shape index (κ1) is 14.9. The molecule has 0 radical (unpaired) electrons. The second-order valence-electron chi connectivity index (χ2n) is 7.81. The second-order valence-corrected chi connectivity index (χ2v) is 7.81. The van der Waals surface area contributed by atoms with Crippen LogP contribution in [-0.2, 0) is 6.42 Å². The lowest BCUT2D eigenvalue weighted by atomic mass is 9.69. The Kier molecular flexibility index (Phi) is 4.26. The van der Waals surface area contributed by atoms with Gasteiger partial charge in [0.15, 0.2) is 0 Å². The molecule has 0 amide bonds. The van der Waals surface area contributed by atoms with Crippen LogP contribution in [0.1, 0.15) is 45.1 Å². The molecule has 2 bridgehead atoms. The first-order valence-corrected chi connectivity index (χ1v) is 8.56. The molecule has 2 aliphatic rings. The zero-order valence-electron chi connectivity index (χ0n) is 13.4. The molecule has 2 fully saturated rings. The highest BCUT2D eigenvalue weighted by Gasteiger charge is 2.50. The van der Waals surface area contributed by atoms with E-state index in [2.05, 4.69) is 25.2 Å². The van der Waals surface area contributed by atoms with Crippen LogP contribution in [0.25, 0.3) is 0 Å². The second kappa shape index (κ2) is 6.00. The quantitative estimate of drug-likeness (QED) is 0.829. The van der Waals surface area contributed by atoms with Crippen LogP contribution in [0.3, 0.4) is 0 Å². The van der Waals surface area contributed by atoms with Crippen LogP contribution < -0.4 is 5.32 Å². The number of benzene rings is 1. The summed E-state index contributed by atoms with van der Waals surface area (Å²) in [6.07, 6.45) is 6.78. The highest BCUT2D eigenvalue weighted by molar-refractivity contribution is 5.28. The molecule has 0 aromatic heterocycles. The van der Waals surface area contributed by atoms with Gasteiger partial charge in [-0.2, -0.15) is 0 Å². The molecule has 1 aromatic rings. The van der Waals surface area contributed by atoms with E-state index in [-0.39, 0.29) is 0 Å². The lowest BCUT2D eigenvalue weighted by Crippen LogP contribution is -2.41. The number of phenols is 1. The van der Waals surface area contributed by atoms with E-state index < -0.39 is 0 Å². The molecule has 0 aliphatic heterocycles. The lowest BCUT2D eigenvalue weighted by molar-refractivity contribution is 0.154. The van der Waals surface area contributed by atoms with E-state index in [4.69, 9.17) is 0 Å². The molecule has 116 valence electrons. The Morgan fingerprint density at radius 2 is 2.19 bits per heavy atom. The van der Waals surface area contributed by atoms with Crippen LogP contribution in [0.4, 0.5) is 0 Å². The SMILES string of the molecule is CC(C)CNCC1(Cc2cccc(O)c2)CC2CCC1C2. The molecule has 3 unspecified atom stereocenters. The molecule has 0 saturated heterocycles. The van der Waals surface area contributed by atoms with Crippen LogP contribution in [0, 0.1) is 23.2 Å². The third-order valence-corrected chi connectivity index (χ3v) is 5.60. The summed E-state index contributed by atoms with van der Waals surface area (Å²) in [7, 11) is 0. The Hall–Kier alpha value is -1.02. The maximum Gasteiger partial charge on any atom is 0.115 e. The van der Waals surface area contributed by atoms with E-state index in [9.17, 15) is 5.11 Å². The molecule has 21 heavy (non-hydrogen) atoms. The molecule has 2 N–H and O–H groups in total. The molecule has 2 nitrogen and oxygen atoms in total. The van der Waals surface area contributed by atoms with Gasteiger partial charge in [0.25, 0.3) is 0 Å². The van der Waals surface area contributed by atoms with Crippen molar-refractivity contribution >= 4 is 0 Å². The standard InChI is InChI=1S/C19H29NO/c1-14(2)12-20-13-19(11-16-6-7-17(19)8-16)10-15-4-3-5-18(21)9-15/h3-5,9,14,16-17,20-21H,6-8,10-13H2,1-2H3. The first-order valence-electron chi connectivity index (χ1n) is 8.56. The largest absolute Gasteiger partial charge is 0.508 e. The molecule has 3 atom stereocenters. The van der Waals surface area contributed by atoms with E-state index in [1.165, 1.54) is 31.2 Å². The lowest BCUT2D eigenvalue weighted by Gasteiger charge is -2.38. The van der Waals surface area contributed by atoms with Crippen molar-refractivity contribution in [2.75, 3.05) is 13.1 Å². The van der Waals surface area contributed by atoms with E-state index >= 15 is 0 Å². The Balaban J connectivity index is 1.73. The average Bonchev–Trinajstić information content (AvgIpc) is 2.99. The van der Waals surface area contributed by atoms with Crippen molar-refractivity contribution in [1.82, 2.24) is 5.32 Å². The maximum atomic E-state index is 9.74. The summed E-state index contributed by atoms with van der Waals surface area (Å²) >= 11 is 0. The van der Waals surface area contributed by atoms with Gasteiger partial charge in [-0.05, 0) is 73.1 Å². The first-order chi connectivity index (χ1) is 10.1. The average molecular weight is 287 g/mol. The number of nitrogens with one attached hydrogen (secondary N) is 1. The van der Waals surface area contributed by atoms with Gasteiger partial charge >= 0.3 is 0 Å². The molecule has 1 aromatic carbocycles. The van der Waals surface area contributed by atoms with Gasteiger partial charge < -0.3 is 10.4 Å². The van der Waals surface area contributed by atoms with Crippen LogP contribution in [0.2, 0.25) is 0 Å². The number of hydrogen-bond donors (Lipinski definition) is 2. The summed E-state index contributed by atoms with van der Waals surface area (Å²) in [6, 6.07) is 7.88. The summed E-state index contributed by atoms with van der Waals surface area (Å²) in [5.74, 6) is 2.94. The number of hydrogen-bond acceptors (Lipinski definition) is 2. The minimum atomic E-state index is 0.404. The number of phenolic OH excluding ortho intramolecular Hbond substituents is 1. The van der Waals surface area contributed by atoms with Crippen molar-refractivity contribution in [3.8, 4) is 5.75 Å². The highest BCUT2D eigenvalue weighted by atomic mass is 16.3. The fourth-order valence-corrected chi connectivity index (χ4v) is 4.74. The van der Waals surface area contributed by atoms with E-state index in [0.29, 0.717) is 17.1 Å². The molecule has 2 heteroatoms. The predicted molar refractivity (Wildman–Crippen MR) is 87.4 cm³/mol. The zero-order chi connectivity index (χ0) is 14.9. The van der Waals surface area contributed by atoms with Crippen molar-refractivity contribution in [1.29, 1.82) is 0 Å². The molecule has 2 saturated carbocycles. The Labute approximate surface area is 129 Å². The smallest absolute Gasteiger partial charge is 0.115 e. The van der Waals surface area contributed by atoms with Gasteiger partial charge in [-0.1, -0.05) is 32.4 Å². The highest BCUT2D eigenvalue weighted by Crippen LogP contribution is 2.57. The minimum Gasteiger partial charge on any atom is -0.508 e. The molecule has 3 rings (SSSR count). The number of rotatable bonds is 6. The third kappa shape index (κ3) is 3.26. The van der Waals surface area contributed by atoms with Gasteiger partial charge in [-0.25, -0.2) is 0 Å². The van der Waals surface area contributed by atoms with Crippen molar-refractivity contribution in [3.63, 3.8) is 0 Å². The maximum absolute atomic E-state index is 9.74. The molecular weight excluding hydrogens is 258 g/mol. The van der Waals surface area contributed by atoms with Gasteiger partial charge in [-0.3, -0.25) is 0 Å². The van der Waals surface area contributed by atoms with Crippen LogP contribution in [-0.4, -0.2) is 18.2 Å². The van der Waals surface area contributed by atoms with Crippen molar-refractivity contribution < 1.29 is 5.11 Å². The predicted octanol–water partition coefficient (Wildman–Crippen LogP) is 3.99. The van der Waals surface area contributed by atoms with Crippen LogP contribution in [0.5, 0.6) is 5.75 Å². The molecular formula is C19H29NO. The fraction of sp³-hybridized carbons (Fsp3) is 0.684. The number of aromatic hydroxyl groups is 1. The van der Waals surface area contributed by atoms with Gasteiger partial charge in [0.05, 0.1) is 0 Å². The molecule has 0 heterocycles. The van der Waals surface area contributed by atoms with Gasteiger partial charge in [-0.15, -0.1) is 0 Å². The summed E-state index contributed by atoms with van der Waals surface area (Å²) in [4.78, 5) is 0. The third-order valence-electron chi connectivity index (χ3n) is 5.60. The summed E-state index contributed by atoms with van der Waals surface area (Å²) in [6.45, 7) is 6.80. The van der Waals surface area contributed by atoms with Crippen LogP contribution >= 0.6 is 0 Å². The number of fused-ring (bicyclic) bond motifs is 2.